The number of benzene rings is 3. The number of halogens is 2. The summed E-state index contributed by atoms with van der Waals surface area (Å²) in [5, 5.41) is 1.09. The second-order valence-corrected chi connectivity index (χ2v) is 11.9. The number of carbonyl (C=O) groups excluding carboxylic acids is 1. The van der Waals surface area contributed by atoms with Crippen LogP contribution in [-0.2, 0) is 10.0 Å². The lowest BCUT2D eigenvalue weighted by atomic mass is 10.2. The van der Waals surface area contributed by atoms with Gasteiger partial charge in [0.15, 0.2) is 5.13 Å². The van der Waals surface area contributed by atoms with Crippen molar-refractivity contribution >= 4 is 72.3 Å². The lowest BCUT2D eigenvalue weighted by Gasteiger charge is -2.22. The summed E-state index contributed by atoms with van der Waals surface area (Å²) in [5.41, 5.74) is 1.60. The zero-order chi connectivity index (χ0) is 25.9. The van der Waals surface area contributed by atoms with E-state index in [-0.39, 0.29) is 23.2 Å². The Kier molecular flexibility index (Phi) is 9.55. The number of carbonyl (C=O) groups is 1. The summed E-state index contributed by atoms with van der Waals surface area (Å²) >= 11 is 7.72. The Bertz CT molecular complexity index is 1460. The Labute approximate surface area is 232 Å². The molecule has 0 aliphatic heterocycles. The molecule has 1 amide bonds. The van der Waals surface area contributed by atoms with Crippen LogP contribution in [0.15, 0.2) is 77.7 Å². The highest BCUT2D eigenvalue weighted by Crippen LogP contribution is 2.33. The van der Waals surface area contributed by atoms with Gasteiger partial charge in [-0.15, -0.1) is 12.4 Å². The minimum absolute atomic E-state index is 0. The van der Waals surface area contributed by atoms with E-state index in [0.29, 0.717) is 33.5 Å². The van der Waals surface area contributed by atoms with Gasteiger partial charge in [-0.2, -0.15) is 0 Å². The molecule has 0 unspecified atom stereocenters. The molecule has 1 aromatic heterocycles. The molecule has 0 bridgehead atoms. The molecule has 0 aliphatic carbocycles. The Hall–Kier alpha value is -2.69. The normalized spacial score (nSPS) is 11.4. The van der Waals surface area contributed by atoms with E-state index < -0.39 is 10.0 Å². The molecule has 0 atom stereocenters. The predicted molar refractivity (Wildman–Crippen MR) is 155 cm³/mol. The average molecular weight is 580 g/mol. The third-order valence-corrected chi connectivity index (χ3v) is 8.85. The van der Waals surface area contributed by atoms with Crippen molar-refractivity contribution in [3.63, 3.8) is 0 Å². The Morgan fingerprint density at radius 1 is 0.919 bits per heavy atom. The quantitative estimate of drug-likeness (QED) is 0.251. The number of sulfonamides is 1. The molecule has 7 nitrogen and oxygen atoms in total. The molecule has 0 fully saturated rings. The second kappa shape index (κ2) is 12.2. The summed E-state index contributed by atoms with van der Waals surface area (Å²) in [6.07, 6.45) is 0.747. The number of para-hydroxylation sites is 2. The number of hydrogen-bond donors (Lipinski definition) is 0. The van der Waals surface area contributed by atoms with E-state index in [9.17, 15) is 13.2 Å². The van der Waals surface area contributed by atoms with Crippen molar-refractivity contribution in [2.24, 2.45) is 0 Å². The van der Waals surface area contributed by atoms with Gasteiger partial charge >= 0.3 is 0 Å². The van der Waals surface area contributed by atoms with E-state index >= 15 is 0 Å². The summed E-state index contributed by atoms with van der Waals surface area (Å²) in [6.45, 7) is 1.27. The zero-order valence-corrected chi connectivity index (χ0v) is 23.9. The van der Waals surface area contributed by atoms with Gasteiger partial charge in [-0.3, -0.25) is 14.0 Å². The predicted octanol–water partition coefficient (Wildman–Crippen LogP) is 5.80. The molecule has 3 aromatic carbocycles. The average Bonchev–Trinajstić information content (AvgIpc) is 3.31. The summed E-state index contributed by atoms with van der Waals surface area (Å²) in [4.78, 5) is 22.0. The van der Waals surface area contributed by atoms with Crippen LogP contribution in [0.4, 0.5) is 10.8 Å². The number of hydrogen-bond acceptors (Lipinski definition) is 6. The highest BCUT2D eigenvalue weighted by Gasteiger charge is 2.24. The topological polar surface area (TPSA) is 73.8 Å². The summed E-state index contributed by atoms with van der Waals surface area (Å²) in [5.74, 6) is -0.246. The maximum absolute atomic E-state index is 13.6. The zero-order valence-electron chi connectivity index (χ0n) is 20.7. The maximum Gasteiger partial charge on any atom is 0.264 e. The van der Waals surface area contributed by atoms with Gasteiger partial charge in [0.25, 0.3) is 15.9 Å². The molecule has 4 aromatic rings. The van der Waals surface area contributed by atoms with Gasteiger partial charge in [0.1, 0.15) is 5.52 Å². The van der Waals surface area contributed by atoms with Gasteiger partial charge in [-0.1, -0.05) is 47.2 Å². The number of fused-ring (bicyclic) bond motifs is 1. The first-order chi connectivity index (χ1) is 17.2. The lowest BCUT2D eigenvalue weighted by molar-refractivity contribution is 0.0986. The Morgan fingerprint density at radius 3 is 2.22 bits per heavy atom. The fourth-order valence-corrected chi connectivity index (χ4v) is 6.19. The summed E-state index contributed by atoms with van der Waals surface area (Å²) in [7, 11) is 1.70. The van der Waals surface area contributed by atoms with Crippen molar-refractivity contribution in [1.82, 2.24) is 9.88 Å². The van der Waals surface area contributed by atoms with E-state index in [1.54, 1.807) is 47.4 Å². The molecule has 0 N–H and O–H groups in total. The summed E-state index contributed by atoms with van der Waals surface area (Å²) < 4.78 is 28.3. The molecule has 1 heterocycles. The Morgan fingerprint density at radius 2 is 1.59 bits per heavy atom. The fraction of sp³-hybridized carbons (Fsp3) is 0.231. The molecule has 0 saturated carbocycles. The largest absolute Gasteiger partial charge is 0.309 e. The van der Waals surface area contributed by atoms with Gasteiger partial charge in [-0.05, 0) is 75.6 Å². The SMILES string of the molecule is CN(C)CCCN(C(=O)c1ccc(S(=O)(=O)N(C)c2ccccc2)cc1)c1nc2c(Cl)cccc2s1.Cl. The van der Waals surface area contributed by atoms with Crippen molar-refractivity contribution < 1.29 is 13.2 Å². The van der Waals surface area contributed by atoms with Gasteiger partial charge < -0.3 is 4.90 Å². The van der Waals surface area contributed by atoms with Crippen LogP contribution in [0.3, 0.4) is 0 Å². The first kappa shape index (κ1) is 28.9. The van der Waals surface area contributed by atoms with E-state index in [2.05, 4.69) is 9.88 Å². The first-order valence-corrected chi connectivity index (χ1v) is 14.0. The van der Waals surface area contributed by atoms with Crippen LogP contribution in [-0.4, -0.2) is 58.4 Å². The third kappa shape index (κ3) is 6.42. The van der Waals surface area contributed by atoms with Crippen LogP contribution < -0.4 is 9.21 Å². The van der Waals surface area contributed by atoms with Crippen molar-refractivity contribution in [1.29, 1.82) is 0 Å². The van der Waals surface area contributed by atoms with Crippen LogP contribution >= 0.6 is 35.3 Å². The molecule has 0 aliphatic rings. The monoisotopic (exact) mass is 578 g/mol. The van der Waals surface area contributed by atoms with Gasteiger partial charge in [0, 0.05) is 19.2 Å². The second-order valence-electron chi connectivity index (χ2n) is 8.53. The number of amides is 1. The maximum atomic E-state index is 13.6. The molecular weight excluding hydrogens is 551 g/mol. The van der Waals surface area contributed by atoms with Gasteiger partial charge in [0.2, 0.25) is 0 Å². The van der Waals surface area contributed by atoms with E-state index in [1.165, 1.54) is 34.8 Å². The van der Waals surface area contributed by atoms with E-state index in [0.717, 1.165) is 17.7 Å². The van der Waals surface area contributed by atoms with Crippen LogP contribution in [0, 0.1) is 0 Å². The smallest absolute Gasteiger partial charge is 0.264 e. The highest BCUT2D eigenvalue weighted by molar-refractivity contribution is 7.92. The van der Waals surface area contributed by atoms with Crippen molar-refractivity contribution in [3.05, 3.63) is 83.4 Å². The molecule has 0 saturated heterocycles. The molecule has 4 rings (SSSR count). The molecule has 196 valence electrons. The minimum Gasteiger partial charge on any atom is -0.309 e. The summed E-state index contributed by atoms with van der Waals surface area (Å²) in [6, 6.07) is 20.4. The molecule has 0 spiro atoms. The number of anilines is 2. The van der Waals surface area contributed by atoms with Crippen LogP contribution in [0.2, 0.25) is 5.02 Å². The molecule has 11 heteroatoms. The lowest BCUT2D eigenvalue weighted by Crippen LogP contribution is -2.33. The van der Waals surface area contributed by atoms with Crippen LogP contribution in [0.25, 0.3) is 10.2 Å². The fourth-order valence-electron chi connectivity index (χ4n) is 3.71. The molecule has 0 radical (unpaired) electrons. The highest BCUT2D eigenvalue weighted by atomic mass is 35.5. The van der Waals surface area contributed by atoms with Crippen molar-refractivity contribution in [2.75, 3.05) is 43.4 Å². The van der Waals surface area contributed by atoms with E-state index in [1.807, 2.05) is 32.3 Å². The van der Waals surface area contributed by atoms with Gasteiger partial charge in [-0.25, -0.2) is 13.4 Å². The first-order valence-electron chi connectivity index (χ1n) is 11.3. The van der Waals surface area contributed by atoms with Crippen LogP contribution in [0.1, 0.15) is 16.8 Å². The Balaban J connectivity index is 0.00000380. The van der Waals surface area contributed by atoms with Gasteiger partial charge in [0.05, 0.1) is 20.3 Å². The van der Waals surface area contributed by atoms with Crippen LogP contribution in [0.5, 0.6) is 0 Å². The standard InChI is InChI=1S/C26H27ClN4O3S2.ClH/c1-29(2)17-8-18-31(26-28-24-22(27)11-7-12-23(24)35-26)25(32)19-13-15-21(16-14-19)36(33,34)30(3)20-9-5-4-6-10-20;/h4-7,9-16H,8,17-18H2,1-3H3;1H. The van der Waals surface area contributed by atoms with Crippen molar-refractivity contribution in [2.45, 2.75) is 11.3 Å². The minimum atomic E-state index is -3.77. The third-order valence-electron chi connectivity index (χ3n) is 5.70. The van der Waals surface area contributed by atoms with Crippen molar-refractivity contribution in [3.8, 4) is 0 Å². The number of thiazole rings is 1. The number of nitrogens with zero attached hydrogens (tertiary/aromatic N) is 4. The number of aromatic nitrogens is 1. The molecular formula is C26H28Cl2N4O3S2. The number of rotatable bonds is 9. The molecule has 37 heavy (non-hydrogen) atoms. The van der Waals surface area contributed by atoms with E-state index in [4.69, 9.17) is 11.6 Å².